The number of ether oxygens (including phenoxy) is 2. The first-order chi connectivity index (χ1) is 22.1. The molecule has 1 N–H and O–H groups in total. The van der Waals surface area contributed by atoms with E-state index in [1.165, 1.54) is 24.1 Å². The van der Waals surface area contributed by atoms with Crippen LogP contribution < -0.4 is 19.1 Å². The summed E-state index contributed by atoms with van der Waals surface area (Å²) in [6, 6.07) is 30.2. The van der Waals surface area contributed by atoms with Crippen molar-refractivity contribution in [3.8, 4) is 11.5 Å². The maximum absolute atomic E-state index is 14.5. The third-order valence-corrected chi connectivity index (χ3v) is 9.20. The predicted octanol–water partition coefficient (Wildman–Crippen LogP) is 5.31. The quantitative estimate of drug-likeness (QED) is 0.188. The Morgan fingerprint density at radius 2 is 1.37 bits per heavy atom. The van der Waals surface area contributed by atoms with Crippen LogP contribution in [-0.4, -0.2) is 58.5 Å². The van der Waals surface area contributed by atoms with Crippen LogP contribution in [0.5, 0.6) is 11.5 Å². The van der Waals surface area contributed by atoms with E-state index in [0.29, 0.717) is 18.0 Å². The molecule has 0 saturated carbocycles. The Morgan fingerprint density at radius 3 is 1.98 bits per heavy atom. The summed E-state index contributed by atoms with van der Waals surface area (Å²) < 4.78 is 40.0. The van der Waals surface area contributed by atoms with Crippen molar-refractivity contribution in [3.63, 3.8) is 0 Å². The van der Waals surface area contributed by atoms with Gasteiger partial charge in [-0.3, -0.25) is 13.9 Å². The number of anilines is 1. The van der Waals surface area contributed by atoms with E-state index in [2.05, 4.69) is 5.32 Å². The Hall–Kier alpha value is -4.83. The lowest BCUT2D eigenvalue weighted by molar-refractivity contribution is -0.140. The average molecular weight is 644 g/mol. The summed E-state index contributed by atoms with van der Waals surface area (Å²) in [6.07, 6.45) is 0.231. The first kappa shape index (κ1) is 34.1. The number of sulfonamides is 1. The van der Waals surface area contributed by atoms with Crippen LogP contribution in [0.4, 0.5) is 5.69 Å². The highest BCUT2D eigenvalue weighted by atomic mass is 32.2. The molecule has 0 fully saturated rings. The summed E-state index contributed by atoms with van der Waals surface area (Å²) in [6.45, 7) is 3.91. The van der Waals surface area contributed by atoms with Gasteiger partial charge in [-0.05, 0) is 65.6 Å². The van der Waals surface area contributed by atoms with Crippen LogP contribution in [0, 0.1) is 5.92 Å². The molecule has 0 heterocycles. The van der Waals surface area contributed by atoms with Gasteiger partial charge < -0.3 is 19.7 Å². The molecule has 0 spiro atoms. The molecular weight excluding hydrogens is 602 g/mol. The van der Waals surface area contributed by atoms with E-state index in [1.807, 2.05) is 56.3 Å². The van der Waals surface area contributed by atoms with Crippen LogP contribution in [0.1, 0.15) is 25.0 Å². The minimum atomic E-state index is -4.19. The predicted molar refractivity (Wildman–Crippen MR) is 179 cm³/mol. The third kappa shape index (κ3) is 8.88. The summed E-state index contributed by atoms with van der Waals surface area (Å²) in [7, 11) is -1.11. The summed E-state index contributed by atoms with van der Waals surface area (Å²) in [5.41, 5.74) is 1.87. The molecule has 10 heteroatoms. The lowest BCUT2D eigenvalue weighted by atomic mass is 10.0. The van der Waals surface area contributed by atoms with Gasteiger partial charge in [0.25, 0.3) is 10.0 Å². The number of amides is 2. The first-order valence-electron chi connectivity index (χ1n) is 15.1. The molecule has 0 aliphatic carbocycles. The fourth-order valence-electron chi connectivity index (χ4n) is 4.94. The van der Waals surface area contributed by atoms with Gasteiger partial charge in [0.15, 0.2) is 0 Å². The first-order valence-corrected chi connectivity index (χ1v) is 16.5. The smallest absolute Gasteiger partial charge is 0.264 e. The number of carbonyl (C=O) groups excluding carboxylic acids is 2. The topological polar surface area (TPSA) is 105 Å². The van der Waals surface area contributed by atoms with Crippen molar-refractivity contribution < 1.29 is 27.5 Å². The standard InChI is InChI=1S/C36H41N3O6S/c1-27(2)24-37-36(41)34(23-28-12-7-5-8-13-28)38(25-29-14-11-15-32(22-29)45-4)35(40)26-39(30-18-20-31(44-3)21-19-30)46(42,43)33-16-9-6-10-17-33/h5-22,27,34H,23-26H2,1-4H3,(H,37,41)/t34-/m1/s1. The molecule has 0 unspecified atom stereocenters. The molecule has 4 rings (SSSR count). The highest BCUT2D eigenvalue weighted by Gasteiger charge is 2.34. The number of methoxy groups -OCH3 is 2. The van der Waals surface area contributed by atoms with Gasteiger partial charge in [0.2, 0.25) is 11.8 Å². The second-order valence-electron chi connectivity index (χ2n) is 11.2. The molecule has 0 radical (unpaired) electrons. The Labute approximate surface area is 271 Å². The summed E-state index contributed by atoms with van der Waals surface area (Å²) in [5, 5.41) is 3.00. The fraction of sp³-hybridized carbons (Fsp3) is 0.278. The van der Waals surface area contributed by atoms with E-state index in [4.69, 9.17) is 9.47 Å². The molecule has 46 heavy (non-hydrogen) atoms. The monoisotopic (exact) mass is 643 g/mol. The zero-order valence-electron chi connectivity index (χ0n) is 26.6. The second-order valence-corrected chi connectivity index (χ2v) is 13.1. The summed E-state index contributed by atoms with van der Waals surface area (Å²) in [5.74, 6) is 0.455. The van der Waals surface area contributed by atoms with Crippen LogP contribution in [-0.2, 0) is 32.6 Å². The maximum atomic E-state index is 14.5. The fourth-order valence-corrected chi connectivity index (χ4v) is 6.38. The number of nitrogens with one attached hydrogen (secondary N) is 1. The molecule has 242 valence electrons. The molecule has 4 aromatic rings. The molecule has 2 amide bonds. The Bertz CT molecular complexity index is 1680. The molecule has 0 aliphatic rings. The normalized spacial score (nSPS) is 11.8. The van der Waals surface area contributed by atoms with E-state index in [9.17, 15) is 18.0 Å². The number of nitrogens with zero attached hydrogens (tertiary/aromatic N) is 2. The van der Waals surface area contributed by atoms with Crippen molar-refractivity contribution in [1.82, 2.24) is 10.2 Å². The van der Waals surface area contributed by atoms with Gasteiger partial charge in [0, 0.05) is 19.5 Å². The summed E-state index contributed by atoms with van der Waals surface area (Å²) in [4.78, 5) is 29.9. The zero-order valence-corrected chi connectivity index (χ0v) is 27.4. The SMILES string of the molecule is COc1ccc(N(CC(=O)N(Cc2cccc(OC)c2)[C@H](Cc2ccccc2)C(=O)NCC(C)C)S(=O)(=O)c2ccccc2)cc1. The van der Waals surface area contributed by atoms with Gasteiger partial charge in [-0.1, -0.05) is 74.5 Å². The molecular formula is C36H41N3O6S. The lowest BCUT2D eigenvalue weighted by Crippen LogP contribution is -2.53. The van der Waals surface area contributed by atoms with Crippen LogP contribution in [0.3, 0.4) is 0 Å². The largest absolute Gasteiger partial charge is 0.497 e. The van der Waals surface area contributed by atoms with E-state index >= 15 is 0 Å². The minimum Gasteiger partial charge on any atom is -0.497 e. The van der Waals surface area contributed by atoms with Crippen molar-refractivity contribution in [1.29, 1.82) is 0 Å². The number of hydrogen-bond donors (Lipinski definition) is 1. The van der Waals surface area contributed by atoms with Crippen LogP contribution in [0.15, 0.2) is 114 Å². The zero-order chi connectivity index (χ0) is 33.1. The Morgan fingerprint density at radius 1 is 0.761 bits per heavy atom. The van der Waals surface area contributed by atoms with Gasteiger partial charge in [-0.15, -0.1) is 0 Å². The van der Waals surface area contributed by atoms with Crippen LogP contribution in [0.25, 0.3) is 0 Å². The molecule has 0 saturated heterocycles. The third-order valence-electron chi connectivity index (χ3n) is 7.41. The van der Waals surface area contributed by atoms with Crippen molar-refractivity contribution in [3.05, 3.63) is 120 Å². The van der Waals surface area contributed by atoms with E-state index in [1.54, 1.807) is 61.7 Å². The van der Waals surface area contributed by atoms with Gasteiger partial charge in [0.1, 0.15) is 24.1 Å². The number of hydrogen-bond acceptors (Lipinski definition) is 6. The van der Waals surface area contributed by atoms with E-state index < -0.39 is 28.5 Å². The van der Waals surface area contributed by atoms with Crippen molar-refractivity contribution in [2.24, 2.45) is 5.92 Å². The highest BCUT2D eigenvalue weighted by molar-refractivity contribution is 7.92. The van der Waals surface area contributed by atoms with Gasteiger partial charge in [0.05, 0.1) is 24.8 Å². The van der Waals surface area contributed by atoms with Gasteiger partial charge in [-0.25, -0.2) is 8.42 Å². The molecule has 1 atom stereocenters. The maximum Gasteiger partial charge on any atom is 0.264 e. The van der Waals surface area contributed by atoms with Crippen molar-refractivity contribution in [2.75, 3.05) is 31.6 Å². The van der Waals surface area contributed by atoms with Gasteiger partial charge >= 0.3 is 0 Å². The Kier molecular flexibility index (Phi) is 11.8. The highest BCUT2D eigenvalue weighted by Crippen LogP contribution is 2.27. The van der Waals surface area contributed by atoms with Crippen LogP contribution >= 0.6 is 0 Å². The Balaban J connectivity index is 1.80. The lowest BCUT2D eigenvalue weighted by Gasteiger charge is -2.34. The number of carbonyl (C=O) groups is 2. The molecule has 0 aromatic heterocycles. The molecule has 0 bridgehead atoms. The second kappa shape index (κ2) is 15.9. The molecule has 9 nitrogen and oxygen atoms in total. The van der Waals surface area contributed by atoms with E-state index in [-0.39, 0.29) is 35.4 Å². The van der Waals surface area contributed by atoms with E-state index in [0.717, 1.165) is 15.4 Å². The van der Waals surface area contributed by atoms with Crippen LogP contribution in [0.2, 0.25) is 0 Å². The summed E-state index contributed by atoms with van der Waals surface area (Å²) >= 11 is 0. The van der Waals surface area contributed by atoms with Gasteiger partial charge in [-0.2, -0.15) is 0 Å². The average Bonchev–Trinajstić information content (AvgIpc) is 3.08. The molecule has 4 aromatic carbocycles. The minimum absolute atomic E-state index is 0.0356. The van der Waals surface area contributed by atoms with Crippen molar-refractivity contribution >= 4 is 27.5 Å². The molecule has 0 aliphatic heterocycles. The number of benzene rings is 4. The number of rotatable bonds is 15. The van der Waals surface area contributed by atoms with Crippen molar-refractivity contribution in [2.45, 2.75) is 37.8 Å².